The molecule has 166 valence electrons. The fraction of sp³-hybridized carbons (Fsp3) is 0.304. The number of guanidine groups is 1. The molecule has 0 saturated carbocycles. The third kappa shape index (κ3) is 8.37. The highest BCUT2D eigenvalue weighted by atomic mass is 127. The number of carbonyl (C=O) groups excluding carboxylic acids is 1. The van der Waals surface area contributed by atoms with E-state index in [0.717, 1.165) is 36.7 Å². The lowest BCUT2D eigenvalue weighted by molar-refractivity contribution is 0.0996. The van der Waals surface area contributed by atoms with Gasteiger partial charge in [0.2, 0.25) is 0 Å². The van der Waals surface area contributed by atoms with Crippen molar-refractivity contribution in [3.05, 3.63) is 76.4 Å². The molecule has 2 aromatic heterocycles. The average Bonchev–Trinajstić information content (AvgIpc) is 3.45. The lowest BCUT2D eigenvalue weighted by Crippen LogP contribution is -2.39. The van der Waals surface area contributed by atoms with Gasteiger partial charge < -0.3 is 20.4 Å². The molecule has 1 atom stereocenters. The summed E-state index contributed by atoms with van der Waals surface area (Å²) in [6.45, 7) is 6.53. The number of halogens is 1. The van der Waals surface area contributed by atoms with Crippen LogP contribution in [0.3, 0.4) is 0 Å². The molecule has 0 aliphatic carbocycles. The predicted octanol–water partition coefficient (Wildman–Crippen LogP) is 5.15. The Hall–Kier alpha value is -2.33. The first-order valence-electron chi connectivity index (χ1n) is 10.1. The molecule has 3 aromatic rings. The molecule has 1 aromatic carbocycles. The highest BCUT2D eigenvalue weighted by molar-refractivity contribution is 14.0. The molecule has 2 heterocycles. The number of benzene rings is 1. The minimum Gasteiger partial charge on any atom is -0.459 e. The Morgan fingerprint density at radius 1 is 1.13 bits per heavy atom. The fourth-order valence-corrected chi connectivity index (χ4v) is 3.79. The number of aliphatic imine (C=N–C) groups is 1. The van der Waals surface area contributed by atoms with Crippen molar-refractivity contribution < 1.29 is 9.21 Å². The molecule has 0 aliphatic rings. The van der Waals surface area contributed by atoms with Crippen molar-refractivity contribution in [1.29, 1.82) is 0 Å². The Bertz CT molecular complexity index is 925. The molecular weight excluding hydrogens is 523 g/mol. The quantitative estimate of drug-likeness (QED) is 0.195. The van der Waals surface area contributed by atoms with Gasteiger partial charge in [0, 0.05) is 23.7 Å². The highest BCUT2D eigenvalue weighted by Crippen LogP contribution is 2.14. The van der Waals surface area contributed by atoms with Crippen molar-refractivity contribution in [3.63, 3.8) is 0 Å². The number of thiophene rings is 1. The van der Waals surface area contributed by atoms with E-state index >= 15 is 0 Å². The Morgan fingerprint density at radius 2 is 1.94 bits per heavy atom. The van der Waals surface area contributed by atoms with Crippen LogP contribution in [-0.2, 0) is 13.0 Å². The minimum absolute atomic E-state index is 0. The van der Waals surface area contributed by atoms with E-state index < -0.39 is 0 Å². The second-order valence-corrected chi connectivity index (χ2v) is 8.13. The number of nitrogens with one attached hydrogen (secondary N) is 3. The number of anilines is 1. The van der Waals surface area contributed by atoms with E-state index in [4.69, 9.17) is 4.42 Å². The molecule has 0 fully saturated rings. The van der Waals surface area contributed by atoms with Crippen LogP contribution < -0.4 is 16.0 Å². The number of hydrogen-bond acceptors (Lipinski definition) is 4. The van der Waals surface area contributed by atoms with Crippen LogP contribution >= 0.6 is 35.3 Å². The molecule has 3 rings (SSSR count). The molecule has 0 spiro atoms. The van der Waals surface area contributed by atoms with Crippen LogP contribution in [0.25, 0.3) is 0 Å². The third-order valence-electron chi connectivity index (χ3n) is 4.47. The molecule has 1 amide bonds. The smallest absolute Gasteiger partial charge is 0.291 e. The van der Waals surface area contributed by atoms with Gasteiger partial charge in [0.1, 0.15) is 0 Å². The minimum atomic E-state index is -0.263. The van der Waals surface area contributed by atoms with Crippen molar-refractivity contribution >= 4 is 52.9 Å². The molecule has 1 unspecified atom stereocenters. The van der Waals surface area contributed by atoms with Crippen molar-refractivity contribution in [2.45, 2.75) is 26.8 Å². The predicted molar refractivity (Wildman–Crippen MR) is 139 cm³/mol. The zero-order chi connectivity index (χ0) is 21.2. The maximum absolute atomic E-state index is 12.0. The van der Waals surface area contributed by atoms with Gasteiger partial charge in [-0.3, -0.25) is 4.79 Å². The van der Waals surface area contributed by atoms with E-state index in [1.807, 2.05) is 24.3 Å². The number of furan rings is 1. The third-order valence-corrected chi connectivity index (χ3v) is 5.37. The van der Waals surface area contributed by atoms with Crippen molar-refractivity contribution in [3.8, 4) is 0 Å². The number of nitrogens with zero attached hydrogens (tertiary/aromatic N) is 1. The fourth-order valence-electron chi connectivity index (χ4n) is 2.92. The molecule has 0 aliphatic heterocycles. The maximum atomic E-state index is 12.0. The first-order valence-corrected chi connectivity index (χ1v) is 11.0. The summed E-state index contributed by atoms with van der Waals surface area (Å²) in [5.41, 5.74) is 1.78. The molecule has 31 heavy (non-hydrogen) atoms. The van der Waals surface area contributed by atoms with Crippen LogP contribution in [-0.4, -0.2) is 25.0 Å². The van der Waals surface area contributed by atoms with Crippen LogP contribution in [0, 0.1) is 5.92 Å². The van der Waals surface area contributed by atoms with Crippen molar-refractivity contribution in [2.75, 3.05) is 18.4 Å². The van der Waals surface area contributed by atoms with E-state index in [9.17, 15) is 4.79 Å². The van der Waals surface area contributed by atoms with E-state index in [1.54, 1.807) is 23.5 Å². The number of amides is 1. The first kappa shape index (κ1) is 24.9. The summed E-state index contributed by atoms with van der Waals surface area (Å²) in [5.74, 6) is 1.36. The second kappa shape index (κ2) is 13.2. The van der Waals surface area contributed by atoms with Gasteiger partial charge in [0.15, 0.2) is 11.7 Å². The normalized spacial score (nSPS) is 12.0. The Labute approximate surface area is 204 Å². The van der Waals surface area contributed by atoms with E-state index in [0.29, 0.717) is 18.2 Å². The number of hydrogen-bond donors (Lipinski definition) is 3. The van der Waals surface area contributed by atoms with Gasteiger partial charge in [-0.1, -0.05) is 25.1 Å². The SMILES string of the molecule is CCNC(=NCc1ccc(NC(=O)c2ccco2)cc1)NCC(C)Cc1cccs1.I. The standard InChI is InChI=1S/C23H28N4O2S.HI/c1-3-24-23(25-15-17(2)14-20-6-5-13-30-20)26-16-18-8-10-19(11-9-18)27-22(28)21-7-4-12-29-21;/h4-13,17H,3,14-16H2,1-2H3,(H,27,28)(H2,24,25,26);1H. The van der Waals surface area contributed by atoms with Gasteiger partial charge in [-0.15, -0.1) is 35.3 Å². The Kier molecular flexibility index (Phi) is 10.6. The van der Waals surface area contributed by atoms with Gasteiger partial charge in [-0.25, -0.2) is 4.99 Å². The van der Waals surface area contributed by atoms with Crippen LogP contribution in [0.4, 0.5) is 5.69 Å². The van der Waals surface area contributed by atoms with Gasteiger partial charge >= 0.3 is 0 Å². The molecule has 0 radical (unpaired) electrons. The van der Waals surface area contributed by atoms with Gasteiger partial charge in [0.05, 0.1) is 12.8 Å². The monoisotopic (exact) mass is 552 g/mol. The summed E-state index contributed by atoms with van der Waals surface area (Å²) >= 11 is 1.80. The van der Waals surface area contributed by atoms with Crippen LogP contribution in [0.1, 0.15) is 34.8 Å². The molecule has 3 N–H and O–H groups in total. The van der Waals surface area contributed by atoms with Gasteiger partial charge in [-0.05, 0) is 60.5 Å². The van der Waals surface area contributed by atoms with Crippen molar-refractivity contribution in [2.24, 2.45) is 10.9 Å². The first-order chi connectivity index (χ1) is 14.6. The lowest BCUT2D eigenvalue weighted by Gasteiger charge is -2.15. The topological polar surface area (TPSA) is 78.7 Å². The zero-order valence-corrected chi connectivity index (χ0v) is 20.9. The maximum Gasteiger partial charge on any atom is 0.291 e. The van der Waals surface area contributed by atoms with E-state index in [2.05, 4.69) is 52.3 Å². The molecule has 8 heteroatoms. The van der Waals surface area contributed by atoms with E-state index in [1.165, 1.54) is 11.1 Å². The van der Waals surface area contributed by atoms with Gasteiger partial charge in [0.25, 0.3) is 5.91 Å². The zero-order valence-electron chi connectivity index (χ0n) is 17.8. The molecule has 0 bridgehead atoms. The summed E-state index contributed by atoms with van der Waals surface area (Å²) in [5, 5.41) is 11.7. The lowest BCUT2D eigenvalue weighted by atomic mass is 10.1. The molecule has 0 saturated heterocycles. The number of rotatable bonds is 9. The van der Waals surface area contributed by atoms with Crippen LogP contribution in [0.5, 0.6) is 0 Å². The average molecular weight is 552 g/mol. The summed E-state index contributed by atoms with van der Waals surface area (Å²) in [4.78, 5) is 18.1. The van der Waals surface area contributed by atoms with Gasteiger partial charge in [-0.2, -0.15) is 0 Å². The van der Waals surface area contributed by atoms with Crippen LogP contribution in [0.2, 0.25) is 0 Å². The number of carbonyl (C=O) groups is 1. The highest BCUT2D eigenvalue weighted by Gasteiger charge is 2.09. The molecule has 6 nitrogen and oxygen atoms in total. The Balaban J connectivity index is 0.00000341. The van der Waals surface area contributed by atoms with E-state index in [-0.39, 0.29) is 29.9 Å². The largest absolute Gasteiger partial charge is 0.459 e. The van der Waals surface area contributed by atoms with Crippen molar-refractivity contribution in [1.82, 2.24) is 10.6 Å². The molecular formula is C23H29IN4O2S. The summed E-state index contributed by atoms with van der Waals surface area (Å²) in [6, 6.07) is 15.3. The summed E-state index contributed by atoms with van der Waals surface area (Å²) < 4.78 is 5.10. The Morgan fingerprint density at radius 3 is 2.58 bits per heavy atom. The second-order valence-electron chi connectivity index (χ2n) is 7.09. The van der Waals surface area contributed by atoms with Crippen LogP contribution in [0.15, 0.2) is 69.6 Å². The summed E-state index contributed by atoms with van der Waals surface area (Å²) in [7, 11) is 0. The summed E-state index contributed by atoms with van der Waals surface area (Å²) in [6.07, 6.45) is 2.55.